The Bertz CT molecular complexity index is 5120. The number of hydrogen-bond acceptors (Lipinski definition) is 31. The van der Waals surface area contributed by atoms with E-state index in [2.05, 4.69) is 36.1 Å². The Morgan fingerprint density at radius 3 is 1.42 bits per heavy atom. The Labute approximate surface area is 638 Å². The second kappa shape index (κ2) is 35.5. The lowest BCUT2D eigenvalue weighted by molar-refractivity contribution is -0.139. The van der Waals surface area contributed by atoms with Gasteiger partial charge in [0, 0.05) is 86.5 Å². The summed E-state index contributed by atoms with van der Waals surface area (Å²) in [5, 5.41) is 15.9. The highest BCUT2D eigenvalue weighted by Gasteiger charge is 2.40. The van der Waals surface area contributed by atoms with Crippen LogP contribution < -0.4 is 40.8 Å². The highest BCUT2D eigenvalue weighted by Crippen LogP contribution is 2.48. The normalized spacial score (nSPS) is 18.9. The summed E-state index contributed by atoms with van der Waals surface area (Å²) in [5.41, 5.74) is 2.15. The van der Waals surface area contributed by atoms with Crippen molar-refractivity contribution < 1.29 is 109 Å². The van der Waals surface area contributed by atoms with E-state index in [1.807, 2.05) is 6.07 Å². The minimum absolute atomic E-state index is 0.0567. The number of esters is 5. The first-order chi connectivity index (χ1) is 51.0. The second-order valence-electron chi connectivity index (χ2n) is 22.5. The van der Waals surface area contributed by atoms with Gasteiger partial charge < -0.3 is 69.2 Å². The van der Waals surface area contributed by atoms with E-state index < -0.39 is 80.0 Å². The van der Waals surface area contributed by atoms with Gasteiger partial charge in [0.2, 0.25) is 0 Å². The summed E-state index contributed by atoms with van der Waals surface area (Å²) >= 11 is 9.13. The fourth-order valence-corrected chi connectivity index (χ4v) is 19.7. The molecular formula is C66H77ClN10O24S7. The third kappa shape index (κ3) is 18.7. The summed E-state index contributed by atoms with van der Waals surface area (Å²) in [7, 11) is -7.75. The minimum atomic E-state index is -3.80. The average Bonchev–Trinajstić information content (AvgIpc) is 1.01. The molecule has 5 aromatic carbocycles. The first kappa shape index (κ1) is 83.9. The van der Waals surface area contributed by atoms with Gasteiger partial charge in [-0.2, -0.15) is 0 Å². The standard InChI is InChI=1S/C17H22N2O5S3.C13H14N2O6S.C13H16N2O5S.C12H14N2O4S.C11H11ClN2O4S/c1-4-24-17(20)11(2)16-18-12-8-13-14(26-10-25-13)9-15(12)27(21,22)19(16)6-5-7-23-3;1-15-12(7-13(16)19-2)14-8-5-9-10(21-4-3-20-9)6-11(8)22(15,17)18;1-4-20-13(16)8-12-14-10-7-9(19-3)5-6-11(10)21(17,18)15(12)2;1-3-18-12(15)8-11-13-9-6-4-5-7-10(9)19(16,17)14(11)2;1-14-10(6-11(15)18-2)13-8-5-7(12)3-4-9(8)19(14,16)17/h8-9,18H,4-7,10H2,1-3H3;5-7,14H,3-4H2,1-2H3;5-8,14H,4H2,1-3H3;4-8,13H,3H2,1-2H3;3-6,13H,1-2H3/b16-11-;12-7-;12-8-;11-8-;10-6-. The molecule has 7 aliphatic heterocycles. The number of sulfonamides is 5. The number of methoxy groups -OCH3 is 4. The lowest BCUT2D eigenvalue weighted by Gasteiger charge is -2.34. The molecule has 0 radical (unpaired) electrons. The largest absolute Gasteiger partial charge is 0.497 e. The Morgan fingerprint density at radius 2 is 0.917 bits per heavy atom. The zero-order valence-corrected chi connectivity index (χ0v) is 66.5. The van der Waals surface area contributed by atoms with E-state index in [4.69, 9.17) is 44.8 Å². The number of ether oxygens (including phenoxy) is 9. The van der Waals surface area contributed by atoms with Crippen molar-refractivity contribution in [2.75, 3.05) is 134 Å². The summed E-state index contributed by atoms with van der Waals surface area (Å²) in [6, 6.07) is 22.0. The number of carbonyl (C=O) groups is 5. The van der Waals surface area contributed by atoms with Crippen molar-refractivity contribution in [1.29, 1.82) is 0 Å². The molecule has 0 saturated heterocycles. The van der Waals surface area contributed by atoms with E-state index in [-0.39, 0.29) is 85.5 Å². The van der Waals surface area contributed by atoms with Crippen LogP contribution in [0, 0.1) is 0 Å². The molecule has 0 fully saturated rings. The molecule has 42 heteroatoms. The van der Waals surface area contributed by atoms with Crippen molar-refractivity contribution in [3.8, 4) is 17.2 Å². The first-order valence-electron chi connectivity index (χ1n) is 32.1. The second-order valence-corrected chi connectivity index (χ2v) is 34.9. The molecule has 0 spiro atoms. The van der Waals surface area contributed by atoms with Crippen LogP contribution in [0.5, 0.6) is 17.2 Å². The molecule has 7 aliphatic rings. The molecule has 0 bridgehead atoms. The lowest BCUT2D eigenvalue weighted by Crippen LogP contribution is -2.40. The summed E-state index contributed by atoms with van der Waals surface area (Å²) in [6.45, 7) is 8.68. The summed E-state index contributed by atoms with van der Waals surface area (Å²) in [6.07, 6.45) is 4.85. The van der Waals surface area contributed by atoms with E-state index >= 15 is 0 Å². The average molecular weight is 1650 g/mol. The van der Waals surface area contributed by atoms with Gasteiger partial charge in [0.05, 0.1) is 99.5 Å². The van der Waals surface area contributed by atoms with Crippen LogP contribution >= 0.6 is 35.1 Å². The number of benzene rings is 5. The fraction of sp³-hybridized carbons (Fsp3) is 0.318. The van der Waals surface area contributed by atoms with E-state index in [1.165, 1.54) is 90.2 Å². The maximum absolute atomic E-state index is 13.3. The van der Waals surface area contributed by atoms with Gasteiger partial charge in [0.25, 0.3) is 50.1 Å². The number of thioether (sulfide) groups is 2. The van der Waals surface area contributed by atoms with E-state index in [0.717, 1.165) is 56.4 Å². The number of anilines is 5. The highest BCUT2D eigenvalue weighted by atomic mass is 35.5. The predicted octanol–water partition coefficient (Wildman–Crippen LogP) is 7.29. The molecule has 108 heavy (non-hydrogen) atoms. The van der Waals surface area contributed by atoms with Crippen LogP contribution in [-0.4, -0.2) is 201 Å². The van der Waals surface area contributed by atoms with Gasteiger partial charge in [0.1, 0.15) is 72.5 Å². The van der Waals surface area contributed by atoms with Crippen LogP contribution in [-0.2, 0) is 103 Å². The molecule has 5 aromatic rings. The number of hydrogen-bond donors (Lipinski definition) is 5. The Balaban J connectivity index is 0.000000171. The number of carbonyl (C=O) groups excluding carboxylic acids is 5. The van der Waals surface area contributed by atoms with Crippen molar-refractivity contribution >= 4 is 144 Å². The van der Waals surface area contributed by atoms with Gasteiger partial charge in [-0.1, -0.05) is 23.7 Å². The van der Waals surface area contributed by atoms with Crippen molar-refractivity contribution in [2.45, 2.75) is 68.4 Å². The maximum atomic E-state index is 13.3. The maximum Gasteiger partial charge on any atom is 0.337 e. The van der Waals surface area contributed by atoms with Gasteiger partial charge in [-0.05, 0) is 88.7 Å². The Morgan fingerprint density at radius 1 is 0.491 bits per heavy atom. The monoisotopic (exact) mass is 1650 g/mol. The van der Waals surface area contributed by atoms with Gasteiger partial charge >= 0.3 is 29.8 Å². The first-order valence-corrected chi connectivity index (χ1v) is 41.6. The molecule has 12 rings (SSSR count). The van der Waals surface area contributed by atoms with Crippen LogP contribution in [0.1, 0.15) is 34.1 Å². The van der Waals surface area contributed by atoms with E-state index in [9.17, 15) is 66.1 Å². The molecule has 0 saturated carbocycles. The van der Waals surface area contributed by atoms with Crippen LogP contribution in [0.2, 0.25) is 5.02 Å². The van der Waals surface area contributed by atoms with E-state index in [0.29, 0.717) is 76.9 Å². The molecule has 0 aliphatic carbocycles. The van der Waals surface area contributed by atoms with Crippen LogP contribution in [0.15, 0.2) is 178 Å². The van der Waals surface area contributed by atoms with Crippen LogP contribution in [0.25, 0.3) is 0 Å². The number of para-hydroxylation sites is 1. The van der Waals surface area contributed by atoms with Crippen LogP contribution in [0.3, 0.4) is 0 Å². The summed E-state index contributed by atoms with van der Waals surface area (Å²) < 4.78 is 175. The summed E-state index contributed by atoms with van der Waals surface area (Å²) in [4.78, 5) is 60.5. The Kier molecular flexibility index (Phi) is 27.6. The van der Waals surface area contributed by atoms with Crippen LogP contribution in [0.4, 0.5) is 28.4 Å². The molecule has 584 valence electrons. The molecule has 7 heterocycles. The smallest absolute Gasteiger partial charge is 0.337 e. The van der Waals surface area contributed by atoms with Gasteiger partial charge in [-0.15, -0.1) is 23.5 Å². The molecular weight excluding hydrogens is 1580 g/mol. The zero-order valence-electron chi connectivity index (χ0n) is 60.0. The van der Waals surface area contributed by atoms with Crippen molar-refractivity contribution in [1.82, 2.24) is 21.5 Å². The van der Waals surface area contributed by atoms with Crippen molar-refractivity contribution in [2.24, 2.45) is 0 Å². The van der Waals surface area contributed by atoms with Crippen molar-refractivity contribution in [3.63, 3.8) is 0 Å². The van der Waals surface area contributed by atoms with E-state index in [1.54, 1.807) is 101 Å². The number of nitrogens with one attached hydrogen (secondary N) is 5. The van der Waals surface area contributed by atoms with Gasteiger partial charge in [-0.3, -0.25) is 21.5 Å². The predicted molar refractivity (Wildman–Crippen MR) is 399 cm³/mol. The lowest BCUT2D eigenvalue weighted by atomic mass is 10.2. The molecule has 5 N–H and O–H groups in total. The molecule has 0 unspecified atom stereocenters. The quantitative estimate of drug-likeness (QED) is 0.0334. The number of fused-ring (bicyclic) bond motifs is 7. The number of nitrogens with zero attached hydrogens (tertiary/aromatic N) is 5. The Hall–Kier alpha value is -9.75. The zero-order chi connectivity index (χ0) is 79.4. The third-order valence-electron chi connectivity index (χ3n) is 15.8. The number of rotatable bonds is 13. The number of halogens is 1. The molecule has 0 atom stereocenters. The third-order valence-corrected chi connectivity index (χ3v) is 27.6. The van der Waals surface area contributed by atoms with Gasteiger partial charge in [0.15, 0.2) is 11.5 Å². The summed E-state index contributed by atoms with van der Waals surface area (Å²) in [5.74, 6) is -1.01. The minimum Gasteiger partial charge on any atom is -0.497 e. The SMILES string of the molecule is CCOC(=O)/C(C)=C1/Nc2cc3c(cc2S(=O)(=O)N1CCCOC)SCS3.CCOC(=O)/C=C1/Nc2cc(OC)ccc2S(=O)(=O)N1C.CCOC(=O)/C=C1/Nc2ccccc2S(=O)(=O)N1C.COC(=O)/C=C1/Nc2cc(Cl)ccc2S(=O)(=O)N1C.COC(=O)/C=C1/Nc2cc3c(cc2S(=O)(=O)N1C)OCCO3. The van der Waals surface area contributed by atoms with Crippen molar-refractivity contribution in [3.05, 3.63) is 149 Å². The molecule has 0 aromatic heterocycles. The fourth-order valence-electron chi connectivity index (χ4n) is 10.2. The van der Waals surface area contributed by atoms with Gasteiger partial charge in [-0.25, -0.2) is 66.1 Å². The molecule has 34 nitrogen and oxygen atoms in total. The topological polar surface area (TPSA) is 415 Å². The molecule has 0 amide bonds. The highest BCUT2D eigenvalue weighted by molar-refractivity contribution is 8.18.